The van der Waals surface area contributed by atoms with Crippen molar-refractivity contribution in [2.75, 3.05) is 13.1 Å². The number of carbonyl (C=O) groups is 3. The third-order valence-electron chi connectivity index (χ3n) is 2.34. The molecule has 0 bridgehead atoms. The molecule has 0 aromatic rings. The molecular weight excluding hydrogens is 256 g/mol. The molecule has 0 aliphatic rings. The number of carboxylic acid groups (broad SMARTS) is 1. The number of carbonyl (C=O) groups excluding carboxylic acids is 2. The molecular formula is C10H20N4O5. The zero-order valence-corrected chi connectivity index (χ0v) is 10.6. The highest BCUT2D eigenvalue weighted by Gasteiger charge is 2.28. The Balaban J connectivity index is 4.70. The predicted molar refractivity (Wildman–Crippen MR) is 65.9 cm³/mol. The van der Waals surface area contributed by atoms with Crippen LogP contribution in [0.4, 0.5) is 0 Å². The number of aliphatic hydroxyl groups excluding tert-OH is 1. The lowest BCUT2D eigenvalue weighted by Crippen LogP contribution is -2.55. The Hall–Kier alpha value is -1.71. The second-order valence-electron chi connectivity index (χ2n) is 3.97. The van der Waals surface area contributed by atoms with E-state index in [1.807, 2.05) is 0 Å². The van der Waals surface area contributed by atoms with E-state index in [1.54, 1.807) is 0 Å². The van der Waals surface area contributed by atoms with Crippen molar-refractivity contribution in [1.29, 1.82) is 0 Å². The third-order valence-corrected chi connectivity index (χ3v) is 2.34. The fourth-order valence-electron chi connectivity index (χ4n) is 1.33. The first-order chi connectivity index (χ1) is 8.83. The summed E-state index contributed by atoms with van der Waals surface area (Å²) in [6.07, 6.45) is -1.14. The van der Waals surface area contributed by atoms with Gasteiger partial charge in [0.25, 0.3) is 0 Å². The second kappa shape index (κ2) is 8.40. The van der Waals surface area contributed by atoms with Gasteiger partial charge in [-0.15, -0.1) is 0 Å². The van der Waals surface area contributed by atoms with Gasteiger partial charge in [0.05, 0.1) is 12.6 Å². The van der Waals surface area contributed by atoms with Crippen molar-refractivity contribution in [3.63, 3.8) is 0 Å². The molecule has 0 heterocycles. The fourth-order valence-corrected chi connectivity index (χ4v) is 1.33. The first-order valence-corrected chi connectivity index (χ1v) is 5.74. The monoisotopic (exact) mass is 276 g/mol. The van der Waals surface area contributed by atoms with Crippen LogP contribution in [0.1, 0.15) is 13.3 Å². The van der Waals surface area contributed by atoms with E-state index < -0.39 is 36.0 Å². The summed E-state index contributed by atoms with van der Waals surface area (Å²) in [5, 5.41) is 22.5. The summed E-state index contributed by atoms with van der Waals surface area (Å²) in [5.74, 6) is -2.67. The van der Waals surface area contributed by atoms with Gasteiger partial charge in [-0.1, -0.05) is 0 Å². The molecule has 0 aliphatic heterocycles. The summed E-state index contributed by atoms with van der Waals surface area (Å²) >= 11 is 0. The third kappa shape index (κ3) is 6.13. The summed E-state index contributed by atoms with van der Waals surface area (Å²) in [6, 6.07) is -2.44. The van der Waals surface area contributed by atoms with Crippen molar-refractivity contribution in [1.82, 2.24) is 10.6 Å². The maximum Gasteiger partial charge on any atom is 0.328 e. The number of carboxylic acids is 1. The summed E-state index contributed by atoms with van der Waals surface area (Å²) in [7, 11) is 0. The highest BCUT2D eigenvalue weighted by Crippen LogP contribution is 1.97. The number of aliphatic carboxylic acids is 1. The van der Waals surface area contributed by atoms with E-state index >= 15 is 0 Å². The summed E-state index contributed by atoms with van der Waals surface area (Å²) < 4.78 is 0. The summed E-state index contributed by atoms with van der Waals surface area (Å²) in [4.78, 5) is 33.8. The van der Waals surface area contributed by atoms with Gasteiger partial charge in [0, 0.05) is 0 Å². The zero-order chi connectivity index (χ0) is 15.0. The van der Waals surface area contributed by atoms with E-state index in [0.29, 0.717) is 0 Å². The predicted octanol–water partition coefficient (Wildman–Crippen LogP) is -3.27. The number of amides is 2. The number of rotatable bonds is 8. The molecule has 0 aliphatic carbocycles. The molecule has 3 atom stereocenters. The molecule has 0 spiro atoms. The first kappa shape index (κ1) is 17.3. The van der Waals surface area contributed by atoms with Crippen molar-refractivity contribution >= 4 is 17.8 Å². The van der Waals surface area contributed by atoms with E-state index in [0.717, 1.165) is 0 Å². The molecule has 0 aromatic heterocycles. The average Bonchev–Trinajstić information content (AvgIpc) is 2.33. The lowest BCUT2D eigenvalue weighted by atomic mass is 10.1. The van der Waals surface area contributed by atoms with E-state index in [9.17, 15) is 19.5 Å². The minimum Gasteiger partial charge on any atom is -0.480 e. The molecule has 110 valence electrons. The number of hydrogen-bond acceptors (Lipinski definition) is 6. The van der Waals surface area contributed by atoms with Crippen molar-refractivity contribution in [2.24, 2.45) is 11.5 Å². The van der Waals surface area contributed by atoms with Gasteiger partial charge < -0.3 is 32.3 Å². The first-order valence-electron chi connectivity index (χ1n) is 5.74. The zero-order valence-electron chi connectivity index (χ0n) is 10.6. The topological polar surface area (TPSA) is 168 Å². The van der Waals surface area contributed by atoms with Crippen LogP contribution in [0.2, 0.25) is 0 Å². The minimum atomic E-state index is -1.46. The largest absolute Gasteiger partial charge is 0.480 e. The number of aliphatic hydroxyl groups is 1. The van der Waals surface area contributed by atoms with Gasteiger partial charge in [0.2, 0.25) is 11.8 Å². The Morgan fingerprint density at radius 1 is 1.21 bits per heavy atom. The number of nitrogens with one attached hydrogen (secondary N) is 2. The molecule has 9 nitrogen and oxygen atoms in total. The highest BCUT2D eigenvalue weighted by atomic mass is 16.4. The van der Waals surface area contributed by atoms with Crippen molar-refractivity contribution < 1.29 is 24.6 Å². The van der Waals surface area contributed by atoms with E-state index in [2.05, 4.69) is 10.6 Å². The fraction of sp³-hybridized carbons (Fsp3) is 0.700. The van der Waals surface area contributed by atoms with Crippen LogP contribution in [-0.2, 0) is 14.4 Å². The molecule has 0 saturated carbocycles. The molecule has 9 heteroatoms. The second-order valence-corrected chi connectivity index (χ2v) is 3.97. The highest BCUT2D eigenvalue weighted by molar-refractivity contribution is 5.90. The maximum absolute atomic E-state index is 11.8. The van der Waals surface area contributed by atoms with Crippen molar-refractivity contribution in [2.45, 2.75) is 31.5 Å². The minimum absolute atomic E-state index is 0.120. The van der Waals surface area contributed by atoms with Gasteiger partial charge in [0.15, 0.2) is 6.04 Å². The van der Waals surface area contributed by atoms with Gasteiger partial charge in [-0.2, -0.15) is 0 Å². The van der Waals surface area contributed by atoms with Gasteiger partial charge in [-0.05, 0) is 19.9 Å². The molecule has 0 unspecified atom stereocenters. The van der Waals surface area contributed by atoms with Gasteiger partial charge in [-0.3, -0.25) is 9.59 Å². The Morgan fingerprint density at radius 2 is 1.79 bits per heavy atom. The quantitative estimate of drug-likeness (QED) is 0.270. The van der Waals surface area contributed by atoms with E-state index in [4.69, 9.17) is 16.6 Å². The molecule has 2 amide bonds. The standard InChI is InChI=1S/C10H20N4O5/c1-5(15)8(10(18)19)14-9(17)6(2-3-11)13-7(16)4-12/h5-6,8,15H,2-4,11-12H2,1H3,(H,13,16)(H,14,17)(H,18,19)/t5-,6+,8+/m1/s1. The Morgan fingerprint density at radius 3 is 2.16 bits per heavy atom. The van der Waals surface area contributed by atoms with Crippen LogP contribution in [-0.4, -0.2) is 59.3 Å². The van der Waals surface area contributed by atoms with Crippen molar-refractivity contribution in [3.8, 4) is 0 Å². The van der Waals surface area contributed by atoms with Crippen LogP contribution in [0, 0.1) is 0 Å². The van der Waals surface area contributed by atoms with E-state index in [1.165, 1.54) is 6.92 Å². The number of hydrogen-bond donors (Lipinski definition) is 6. The smallest absolute Gasteiger partial charge is 0.328 e. The van der Waals surface area contributed by atoms with Crippen LogP contribution in [0.15, 0.2) is 0 Å². The van der Waals surface area contributed by atoms with Crippen LogP contribution in [0.3, 0.4) is 0 Å². The molecule has 0 fully saturated rings. The lowest BCUT2D eigenvalue weighted by molar-refractivity contribution is -0.145. The van der Waals surface area contributed by atoms with Gasteiger partial charge >= 0.3 is 5.97 Å². The lowest BCUT2D eigenvalue weighted by Gasteiger charge is -2.22. The van der Waals surface area contributed by atoms with Gasteiger partial charge in [0.1, 0.15) is 6.04 Å². The van der Waals surface area contributed by atoms with Gasteiger partial charge in [-0.25, -0.2) is 4.79 Å². The van der Waals surface area contributed by atoms with Crippen LogP contribution < -0.4 is 22.1 Å². The molecule has 8 N–H and O–H groups in total. The Bertz CT molecular complexity index is 334. The van der Waals surface area contributed by atoms with Crippen molar-refractivity contribution in [3.05, 3.63) is 0 Å². The Labute approximate surface area is 110 Å². The maximum atomic E-state index is 11.8. The average molecular weight is 276 g/mol. The molecule has 0 saturated heterocycles. The van der Waals surface area contributed by atoms with Crippen LogP contribution >= 0.6 is 0 Å². The Kier molecular flexibility index (Phi) is 7.65. The molecule has 19 heavy (non-hydrogen) atoms. The normalized spacial score (nSPS) is 15.2. The SMILES string of the molecule is C[C@@H](O)[C@H](NC(=O)[C@H](CCN)NC(=O)CN)C(=O)O. The number of nitrogens with two attached hydrogens (primary N) is 2. The molecule has 0 radical (unpaired) electrons. The van der Waals surface area contributed by atoms with Crippen LogP contribution in [0.25, 0.3) is 0 Å². The van der Waals surface area contributed by atoms with Crippen LogP contribution in [0.5, 0.6) is 0 Å². The van der Waals surface area contributed by atoms with E-state index in [-0.39, 0.29) is 19.5 Å². The summed E-state index contributed by atoms with van der Waals surface area (Å²) in [6.45, 7) is 1.05. The summed E-state index contributed by atoms with van der Waals surface area (Å²) in [5.41, 5.74) is 10.4. The molecule has 0 aromatic carbocycles. The molecule has 0 rings (SSSR count).